The van der Waals surface area contributed by atoms with Crippen LogP contribution in [0.1, 0.15) is 5.56 Å². The molecule has 22 heavy (non-hydrogen) atoms. The molecule has 114 valence electrons. The summed E-state index contributed by atoms with van der Waals surface area (Å²) in [6.45, 7) is -0.0503. The van der Waals surface area contributed by atoms with Gasteiger partial charge in [0, 0.05) is 18.2 Å². The predicted octanol–water partition coefficient (Wildman–Crippen LogP) is 3.09. The van der Waals surface area contributed by atoms with E-state index in [9.17, 15) is 20.2 Å². The SMILES string of the molecule is COc1ccc([N+](=O)[O-])c(COc2ccc([N+](=O)[O-])cc2)c1. The van der Waals surface area contributed by atoms with Crippen molar-refractivity contribution < 1.29 is 19.3 Å². The molecule has 0 amide bonds. The number of rotatable bonds is 6. The Hall–Kier alpha value is -3.16. The third-order valence-electron chi connectivity index (χ3n) is 2.93. The molecule has 0 spiro atoms. The van der Waals surface area contributed by atoms with Crippen molar-refractivity contribution in [1.29, 1.82) is 0 Å². The fraction of sp³-hybridized carbons (Fsp3) is 0.143. The van der Waals surface area contributed by atoms with Crippen molar-refractivity contribution in [2.75, 3.05) is 7.11 Å². The Labute approximate surface area is 125 Å². The fourth-order valence-electron chi connectivity index (χ4n) is 1.81. The number of nitro groups is 2. The van der Waals surface area contributed by atoms with Gasteiger partial charge in [-0.05, 0) is 24.3 Å². The number of nitrogens with zero attached hydrogens (tertiary/aromatic N) is 2. The number of nitro benzene ring substituents is 2. The smallest absolute Gasteiger partial charge is 0.276 e. The van der Waals surface area contributed by atoms with E-state index >= 15 is 0 Å². The van der Waals surface area contributed by atoms with Gasteiger partial charge in [0.1, 0.15) is 18.1 Å². The maximum absolute atomic E-state index is 11.0. The molecule has 8 heteroatoms. The number of hydrogen-bond acceptors (Lipinski definition) is 6. The average Bonchev–Trinajstić information content (AvgIpc) is 2.52. The summed E-state index contributed by atoms with van der Waals surface area (Å²) >= 11 is 0. The van der Waals surface area contributed by atoms with Gasteiger partial charge < -0.3 is 9.47 Å². The van der Waals surface area contributed by atoms with Gasteiger partial charge >= 0.3 is 0 Å². The van der Waals surface area contributed by atoms with E-state index in [4.69, 9.17) is 9.47 Å². The highest BCUT2D eigenvalue weighted by atomic mass is 16.6. The lowest BCUT2D eigenvalue weighted by atomic mass is 10.2. The first-order chi connectivity index (χ1) is 10.5. The molecule has 0 N–H and O–H groups in total. The number of hydrogen-bond donors (Lipinski definition) is 0. The van der Waals surface area contributed by atoms with Crippen LogP contribution >= 0.6 is 0 Å². The number of benzene rings is 2. The van der Waals surface area contributed by atoms with Gasteiger partial charge in [0.2, 0.25) is 0 Å². The Morgan fingerprint density at radius 2 is 1.59 bits per heavy atom. The molecule has 0 saturated heterocycles. The third-order valence-corrected chi connectivity index (χ3v) is 2.93. The minimum atomic E-state index is -0.517. The molecule has 2 aromatic carbocycles. The minimum absolute atomic E-state index is 0.0503. The molecule has 2 aromatic rings. The minimum Gasteiger partial charge on any atom is -0.497 e. The molecule has 0 aliphatic rings. The Balaban J connectivity index is 2.16. The van der Waals surface area contributed by atoms with Gasteiger partial charge in [0.25, 0.3) is 11.4 Å². The second-order valence-corrected chi connectivity index (χ2v) is 4.29. The van der Waals surface area contributed by atoms with Crippen molar-refractivity contribution in [2.45, 2.75) is 6.61 Å². The van der Waals surface area contributed by atoms with Crippen LogP contribution in [0.5, 0.6) is 11.5 Å². The zero-order valence-electron chi connectivity index (χ0n) is 11.6. The van der Waals surface area contributed by atoms with Crippen LogP contribution in [0.2, 0.25) is 0 Å². The molecule has 2 rings (SSSR count). The van der Waals surface area contributed by atoms with E-state index in [-0.39, 0.29) is 18.0 Å². The monoisotopic (exact) mass is 304 g/mol. The molecule has 0 aliphatic carbocycles. The first kappa shape index (κ1) is 15.2. The van der Waals surface area contributed by atoms with E-state index in [0.717, 1.165) is 0 Å². The summed E-state index contributed by atoms with van der Waals surface area (Å²) in [5, 5.41) is 21.5. The van der Waals surface area contributed by atoms with E-state index in [1.807, 2.05) is 0 Å². The molecule has 0 aliphatic heterocycles. The Kier molecular flexibility index (Phi) is 4.52. The van der Waals surface area contributed by atoms with Crippen LogP contribution in [-0.2, 0) is 6.61 Å². The van der Waals surface area contributed by atoms with Gasteiger partial charge in [-0.25, -0.2) is 0 Å². The molecular weight excluding hydrogens is 292 g/mol. The van der Waals surface area contributed by atoms with Gasteiger partial charge in [-0.2, -0.15) is 0 Å². The summed E-state index contributed by atoms with van der Waals surface area (Å²) in [6, 6.07) is 9.82. The van der Waals surface area contributed by atoms with Gasteiger partial charge in [0.15, 0.2) is 0 Å². The van der Waals surface area contributed by atoms with Gasteiger partial charge in [-0.15, -0.1) is 0 Å². The molecule has 0 aromatic heterocycles. The van der Waals surface area contributed by atoms with Gasteiger partial charge in [-0.1, -0.05) is 0 Å². The zero-order chi connectivity index (χ0) is 16.1. The summed E-state index contributed by atoms with van der Waals surface area (Å²) in [6.07, 6.45) is 0. The zero-order valence-corrected chi connectivity index (χ0v) is 11.6. The second kappa shape index (κ2) is 6.53. The highest BCUT2D eigenvalue weighted by Crippen LogP contribution is 2.26. The Morgan fingerprint density at radius 3 is 2.14 bits per heavy atom. The number of ether oxygens (including phenoxy) is 2. The predicted molar refractivity (Wildman–Crippen MR) is 77.1 cm³/mol. The maximum atomic E-state index is 11.0. The lowest BCUT2D eigenvalue weighted by molar-refractivity contribution is -0.385. The largest absolute Gasteiger partial charge is 0.497 e. The lowest BCUT2D eigenvalue weighted by Gasteiger charge is -2.08. The summed E-state index contributed by atoms with van der Waals surface area (Å²) in [5.74, 6) is 0.857. The lowest BCUT2D eigenvalue weighted by Crippen LogP contribution is -2.01. The quantitative estimate of drug-likeness (QED) is 0.599. The van der Waals surface area contributed by atoms with Crippen LogP contribution < -0.4 is 9.47 Å². The average molecular weight is 304 g/mol. The summed E-state index contributed by atoms with van der Waals surface area (Å²) in [4.78, 5) is 20.5. The topological polar surface area (TPSA) is 105 Å². The summed E-state index contributed by atoms with van der Waals surface area (Å²) in [5.41, 5.74) is 0.213. The molecule has 0 radical (unpaired) electrons. The van der Waals surface area contributed by atoms with Crippen molar-refractivity contribution in [3.63, 3.8) is 0 Å². The Morgan fingerprint density at radius 1 is 0.955 bits per heavy atom. The normalized spacial score (nSPS) is 10.0. The van der Waals surface area contributed by atoms with Crippen molar-refractivity contribution >= 4 is 11.4 Å². The van der Waals surface area contributed by atoms with Crippen LogP contribution in [0.3, 0.4) is 0 Å². The number of methoxy groups -OCH3 is 1. The highest BCUT2D eigenvalue weighted by molar-refractivity contribution is 5.45. The van der Waals surface area contributed by atoms with E-state index < -0.39 is 9.85 Å². The van der Waals surface area contributed by atoms with Gasteiger partial charge in [-0.3, -0.25) is 20.2 Å². The molecule has 0 heterocycles. The maximum Gasteiger partial charge on any atom is 0.276 e. The van der Waals surface area contributed by atoms with E-state index in [0.29, 0.717) is 17.1 Å². The summed E-state index contributed by atoms with van der Waals surface area (Å²) in [7, 11) is 1.46. The van der Waals surface area contributed by atoms with E-state index in [2.05, 4.69) is 0 Å². The standard InChI is InChI=1S/C14H12N2O6/c1-21-13-6-7-14(16(19)20)10(8-13)9-22-12-4-2-11(3-5-12)15(17)18/h2-8H,9H2,1H3. The van der Waals surface area contributed by atoms with Crippen LogP contribution in [0, 0.1) is 20.2 Å². The molecule has 0 unspecified atom stereocenters. The third kappa shape index (κ3) is 3.48. The van der Waals surface area contributed by atoms with E-state index in [1.54, 1.807) is 0 Å². The fourth-order valence-corrected chi connectivity index (χ4v) is 1.81. The summed E-state index contributed by atoms with van der Waals surface area (Å²) < 4.78 is 10.5. The van der Waals surface area contributed by atoms with Crippen molar-refractivity contribution in [3.8, 4) is 11.5 Å². The molecule has 0 bridgehead atoms. The highest BCUT2D eigenvalue weighted by Gasteiger charge is 2.15. The van der Waals surface area contributed by atoms with Crippen LogP contribution in [-0.4, -0.2) is 17.0 Å². The second-order valence-electron chi connectivity index (χ2n) is 4.29. The molecule has 8 nitrogen and oxygen atoms in total. The van der Waals surface area contributed by atoms with Crippen LogP contribution in [0.15, 0.2) is 42.5 Å². The van der Waals surface area contributed by atoms with E-state index in [1.165, 1.54) is 49.6 Å². The first-order valence-corrected chi connectivity index (χ1v) is 6.20. The van der Waals surface area contributed by atoms with Crippen LogP contribution in [0.25, 0.3) is 0 Å². The first-order valence-electron chi connectivity index (χ1n) is 6.20. The van der Waals surface area contributed by atoms with Crippen LogP contribution in [0.4, 0.5) is 11.4 Å². The molecular formula is C14H12N2O6. The number of non-ortho nitro benzene ring substituents is 1. The molecule has 0 fully saturated rings. The van der Waals surface area contributed by atoms with Gasteiger partial charge in [0.05, 0.1) is 22.5 Å². The van der Waals surface area contributed by atoms with Crippen molar-refractivity contribution in [2.24, 2.45) is 0 Å². The molecule has 0 saturated carbocycles. The Bertz CT molecular complexity index is 699. The molecule has 0 atom stereocenters. The van der Waals surface area contributed by atoms with Crippen molar-refractivity contribution in [3.05, 3.63) is 68.3 Å². The van der Waals surface area contributed by atoms with Crippen molar-refractivity contribution in [1.82, 2.24) is 0 Å².